The lowest BCUT2D eigenvalue weighted by Gasteiger charge is -2.13. The minimum Gasteiger partial charge on any atom is -0.332 e. The summed E-state index contributed by atoms with van der Waals surface area (Å²) in [4.78, 5) is 12.2. The first-order chi connectivity index (χ1) is 10.9. The van der Waals surface area contributed by atoms with Crippen LogP contribution >= 0.6 is 58.0 Å². The third-order valence-corrected chi connectivity index (χ3v) is 4.52. The Labute approximate surface area is 163 Å². The molecular weight excluding hydrogens is 466 g/mol. The number of benzene rings is 2. The molecule has 23 heavy (non-hydrogen) atoms. The molecule has 0 heterocycles. The van der Waals surface area contributed by atoms with Crippen LogP contribution in [0.2, 0.25) is 10.0 Å². The maximum Gasteiger partial charge on any atom is 0.258 e. The van der Waals surface area contributed by atoms with Crippen LogP contribution in [0.4, 0.5) is 5.69 Å². The molecular formula is C16H13Cl2IN2OS. The van der Waals surface area contributed by atoms with Crippen LogP contribution in [-0.4, -0.2) is 11.0 Å². The van der Waals surface area contributed by atoms with Gasteiger partial charge in [-0.2, -0.15) is 0 Å². The summed E-state index contributed by atoms with van der Waals surface area (Å²) < 4.78 is 1.15. The van der Waals surface area contributed by atoms with Gasteiger partial charge in [0, 0.05) is 14.3 Å². The quantitative estimate of drug-likeness (QED) is 0.465. The van der Waals surface area contributed by atoms with Gasteiger partial charge in [-0.3, -0.25) is 10.1 Å². The Kier molecular flexibility index (Phi) is 6.64. The van der Waals surface area contributed by atoms with E-state index in [1.165, 1.54) is 6.07 Å². The van der Waals surface area contributed by atoms with Crippen molar-refractivity contribution in [3.63, 3.8) is 0 Å². The average molecular weight is 479 g/mol. The van der Waals surface area contributed by atoms with Crippen LogP contribution in [0, 0.1) is 3.57 Å². The van der Waals surface area contributed by atoms with E-state index in [0.29, 0.717) is 10.6 Å². The van der Waals surface area contributed by atoms with Crippen LogP contribution in [0.3, 0.4) is 0 Å². The van der Waals surface area contributed by atoms with Crippen molar-refractivity contribution in [2.45, 2.75) is 13.3 Å². The number of anilines is 1. The number of carbonyl (C=O) groups is 1. The number of amides is 1. The lowest BCUT2D eigenvalue weighted by molar-refractivity contribution is 0.0978. The van der Waals surface area contributed by atoms with E-state index in [2.05, 4.69) is 46.2 Å². The number of nitrogens with one attached hydrogen (secondary N) is 2. The van der Waals surface area contributed by atoms with E-state index in [9.17, 15) is 4.79 Å². The van der Waals surface area contributed by atoms with Crippen molar-refractivity contribution in [2.75, 3.05) is 5.32 Å². The summed E-state index contributed by atoms with van der Waals surface area (Å²) >= 11 is 19.3. The smallest absolute Gasteiger partial charge is 0.258 e. The van der Waals surface area contributed by atoms with Gasteiger partial charge < -0.3 is 5.32 Å². The number of halogens is 3. The standard InChI is InChI=1S/C16H13Cl2IN2OS/c1-2-9-7-11(19)4-6-14(9)20-16(23)21-15(22)12-5-3-10(17)8-13(12)18/h3-8H,2H2,1H3,(H2,20,21,22,23). The largest absolute Gasteiger partial charge is 0.332 e. The third-order valence-electron chi connectivity index (χ3n) is 3.10. The fourth-order valence-electron chi connectivity index (χ4n) is 1.97. The monoisotopic (exact) mass is 478 g/mol. The van der Waals surface area contributed by atoms with Crippen LogP contribution in [0.15, 0.2) is 36.4 Å². The predicted molar refractivity (Wildman–Crippen MR) is 109 cm³/mol. The van der Waals surface area contributed by atoms with Crippen LogP contribution in [0.5, 0.6) is 0 Å². The second kappa shape index (κ2) is 8.28. The molecule has 2 rings (SSSR count). The molecule has 0 unspecified atom stereocenters. The average Bonchev–Trinajstić information content (AvgIpc) is 2.48. The van der Waals surface area contributed by atoms with Gasteiger partial charge in [-0.25, -0.2) is 0 Å². The SMILES string of the molecule is CCc1cc(I)ccc1NC(=S)NC(=O)c1ccc(Cl)cc1Cl. The summed E-state index contributed by atoms with van der Waals surface area (Å²) in [7, 11) is 0. The highest BCUT2D eigenvalue weighted by Gasteiger charge is 2.13. The van der Waals surface area contributed by atoms with Crippen molar-refractivity contribution in [2.24, 2.45) is 0 Å². The molecule has 2 aromatic rings. The van der Waals surface area contributed by atoms with Crippen LogP contribution in [0.25, 0.3) is 0 Å². The Morgan fingerprint density at radius 3 is 2.61 bits per heavy atom. The second-order valence-electron chi connectivity index (χ2n) is 4.69. The molecule has 0 aliphatic carbocycles. The summed E-state index contributed by atoms with van der Waals surface area (Å²) in [5.41, 5.74) is 2.32. The lowest BCUT2D eigenvalue weighted by atomic mass is 10.1. The van der Waals surface area contributed by atoms with E-state index >= 15 is 0 Å². The summed E-state index contributed by atoms with van der Waals surface area (Å²) in [5.74, 6) is -0.382. The van der Waals surface area contributed by atoms with Crippen molar-refractivity contribution in [1.29, 1.82) is 0 Å². The first kappa shape index (κ1) is 18.4. The Hall–Kier alpha value is -0.890. The molecule has 0 fully saturated rings. The number of aryl methyl sites for hydroxylation is 1. The molecule has 0 saturated carbocycles. The minimum atomic E-state index is -0.382. The van der Waals surface area contributed by atoms with Gasteiger partial charge in [0.25, 0.3) is 5.91 Å². The van der Waals surface area contributed by atoms with Gasteiger partial charge in [0.2, 0.25) is 0 Å². The maximum atomic E-state index is 12.2. The van der Waals surface area contributed by atoms with Crippen molar-refractivity contribution in [3.05, 3.63) is 61.1 Å². The highest BCUT2D eigenvalue weighted by molar-refractivity contribution is 14.1. The van der Waals surface area contributed by atoms with Gasteiger partial charge >= 0.3 is 0 Å². The molecule has 0 bridgehead atoms. The molecule has 7 heteroatoms. The van der Waals surface area contributed by atoms with E-state index in [1.54, 1.807) is 12.1 Å². The van der Waals surface area contributed by atoms with Gasteiger partial charge in [0.15, 0.2) is 5.11 Å². The summed E-state index contributed by atoms with van der Waals surface area (Å²) in [6.07, 6.45) is 0.860. The molecule has 0 aliphatic rings. The number of rotatable bonds is 3. The van der Waals surface area contributed by atoms with E-state index in [1.807, 2.05) is 12.1 Å². The molecule has 3 nitrogen and oxygen atoms in total. The molecule has 0 aliphatic heterocycles. The number of thiocarbonyl (C=S) groups is 1. The summed E-state index contributed by atoms with van der Waals surface area (Å²) in [6.45, 7) is 2.06. The Balaban J connectivity index is 2.09. The van der Waals surface area contributed by atoms with Crippen molar-refractivity contribution < 1.29 is 4.79 Å². The maximum absolute atomic E-state index is 12.2. The van der Waals surface area contributed by atoms with Gasteiger partial charge in [0.05, 0.1) is 10.6 Å². The molecule has 0 atom stereocenters. The molecule has 120 valence electrons. The highest BCUT2D eigenvalue weighted by atomic mass is 127. The zero-order valence-electron chi connectivity index (χ0n) is 12.1. The fraction of sp³-hybridized carbons (Fsp3) is 0.125. The van der Waals surface area contributed by atoms with Crippen LogP contribution in [-0.2, 0) is 6.42 Å². The molecule has 2 aromatic carbocycles. The van der Waals surface area contributed by atoms with E-state index in [0.717, 1.165) is 21.2 Å². The topological polar surface area (TPSA) is 41.1 Å². The van der Waals surface area contributed by atoms with Gasteiger partial charge in [0.1, 0.15) is 0 Å². The molecule has 0 saturated heterocycles. The normalized spacial score (nSPS) is 10.3. The molecule has 0 spiro atoms. The number of carbonyl (C=O) groups excluding carboxylic acids is 1. The lowest BCUT2D eigenvalue weighted by Crippen LogP contribution is -2.34. The highest BCUT2D eigenvalue weighted by Crippen LogP contribution is 2.21. The van der Waals surface area contributed by atoms with E-state index < -0.39 is 0 Å². The van der Waals surface area contributed by atoms with Crippen LogP contribution in [0.1, 0.15) is 22.8 Å². The zero-order valence-corrected chi connectivity index (χ0v) is 16.6. The van der Waals surface area contributed by atoms with Crippen LogP contribution < -0.4 is 10.6 Å². The Bertz CT molecular complexity index is 768. The summed E-state index contributed by atoms with van der Waals surface area (Å²) in [6, 6.07) is 10.7. The van der Waals surface area contributed by atoms with Crippen molar-refractivity contribution >= 4 is 74.7 Å². The molecule has 0 radical (unpaired) electrons. The van der Waals surface area contributed by atoms with Crippen molar-refractivity contribution in [1.82, 2.24) is 5.32 Å². The first-order valence-electron chi connectivity index (χ1n) is 6.76. The predicted octanol–water partition coefficient (Wildman–Crippen LogP) is 5.29. The molecule has 1 amide bonds. The zero-order chi connectivity index (χ0) is 17.0. The number of hydrogen-bond acceptors (Lipinski definition) is 2. The Morgan fingerprint density at radius 1 is 1.22 bits per heavy atom. The van der Waals surface area contributed by atoms with Gasteiger partial charge in [-0.1, -0.05) is 30.1 Å². The fourth-order valence-corrected chi connectivity index (χ4v) is 3.23. The Morgan fingerprint density at radius 2 is 1.96 bits per heavy atom. The number of hydrogen-bond donors (Lipinski definition) is 2. The second-order valence-corrected chi connectivity index (χ2v) is 7.18. The van der Waals surface area contributed by atoms with Gasteiger partial charge in [-0.15, -0.1) is 0 Å². The van der Waals surface area contributed by atoms with E-state index in [-0.39, 0.29) is 16.0 Å². The van der Waals surface area contributed by atoms with Crippen molar-refractivity contribution in [3.8, 4) is 0 Å². The minimum absolute atomic E-state index is 0.219. The first-order valence-corrected chi connectivity index (χ1v) is 9.00. The molecule has 2 N–H and O–H groups in total. The van der Waals surface area contributed by atoms with Gasteiger partial charge in [-0.05, 0) is 83.2 Å². The van der Waals surface area contributed by atoms with E-state index in [4.69, 9.17) is 35.4 Å². The molecule has 0 aromatic heterocycles. The summed E-state index contributed by atoms with van der Waals surface area (Å²) in [5, 5.41) is 6.64. The third kappa shape index (κ3) is 5.04.